The van der Waals surface area contributed by atoms with Crippen LogP contribution in [0.4, 0.5) is 0 Å². The van der Waals surface area contributed by atoms with Crippen molar-refractivity contribution in [3.63, 3.8) is 0 Å². The van der Waals surface area contributed by atoms with E-state index in [9.17, 15) is 4.79 Å². The van der Waals surface area contributed by atoms with Gasteiger partial charge in [0.05, 0.1) is 13.2 Å². The van der Waals surface area contributed by atoms with Gasteiger partial charge in [0.15, 0.2) is 5.96 Å². The molecule has 1 aliphatic carbocycles. The summed E-state index contributed by atoms with van der Waals surface area (Å²) in [6.07, 6.45) is 8.18. The lowest BCUT2D eigenvalue weighted by atomic mass is 9.89. The lowest BCUT2D eigenvalue weighted by Gasteiger charge is -2.29. The number of ether oxygens (including phenoxy) is 1. The van der Waals surface area contributed by atoms with Crippen LogP contribution in [0.15, 0.2) is 29.3 Å². The fourth-order valence-corrected chi connectivity index (χ4v) is 4.65. The van der Waals surface area contributed by atoms with E-state index in [4.69, 9.17) is 4.74 Å². The van der Waals surface area contributed by atoms with Gasteiger partial charge in [-0.05, 0) is 56.5 Å². The van der Waals surface area contributed by atoms with Crippen LogP contribution in [0.25, 0.3) is 0 Å². The summed E-state index contributed by atoms with van der Waals surface area (Å²) in [6, 6.07) is 8.60. The number of aliphatic imine (C=N–C) groups is 1. The standard InChI is InChI=1S/C24H39N5O2/c1-25-24(27-14-13-26-23(30)19-9-4-3-5-10-19)28-18-22(29-15-6-7-16-29)20-11-8-12-21(17-20)31-2/h8,11-12,17,19,22H,3-7,9-10,13-16,18H2,1-2H3,(H,26,30)(H2,25,27,28). The van der Waals surface area contributed by atoms with Gasteiger partial charge in [-0.15, -0.1) is 0 Å². The first-order valence-corrected chi connectivity index (χ1v) is 11.8. The maximum absolute atomic E-state index is 12.3. The highest BCUT2D eigenvalue weighted by atomic mass is 16.5. The Kier molecular flexibility index (Phi) is 9.46. The highest BCUT2D eigenvalue weighted by molar-refractivity contribution is 5.80. The minimum atomic E-state index is 0.204. The van der Waals surface area contributed by atoms with Crippen molar-refractivity contribution in [2.45, 2.75) is 51.0 Å². The zero-order valence-corrected chi connectivity index (χ0v) is 19.2. The Labute approximate surface area is 187 Å². The summed E-state index contributed by atoms with van der Waals surface area (Å²) in [5, 5.41) is 9.88. The molecule has 3 rings (SSSR count). The van der Waals surface area contributed by atoms with Crippen molar-refractivity contribution in [3.05, 3.63) is 29.8 Å². The maximum Gasteiger partial charge on any atom is 0.223 e. The van der Waals surface area contributed by atoms with Gasteiger partial charge < -0.3 is 20.7 Å². The number of nitrogens with one attached hydrogen (secondary N) is 3. The molecule has 7 heteroatoms. The summed E-state index contributed by atoms with van der Waals surface area (Å²) >= 11 is 0. The number of likely N-dealkylation sites (tertiary alicyclic amines) is 1. The van der Waals surface area contributed by atoms with Crippen LogP contribution in [0.1, 0.15) is 56.6 Å². The SMILES string of the molecule is CN=C(NCCNC(=O)C1CCCCC1)NCC(c1cccc(OC)c1)N1CCCC1. The molecule has 1 saturated carbocycles. The summed E-state index contributed by atoms with van der Waals surface area (Å²) in [7, 11) is 3.49. The fourth-order valence-electron chi connectivity index (χ4n) is 4.65. The van der Waals surface area contributed by atoms with Crippen molar-refractivity contribution >= 4 is 11.9 Å². The van der Waals surface area contributed by atoms with E-state index < -0.39 is 0 Å². The maximum atomic E-state index is 12.3. The average Bonchev–Trinajstić information content (AvgIpc) is 3.35. The molecule has 0 bridgehead atoms. The monoisotopic (exact) mass is 429 g/mol. The number of guanidine groups is 1. The van der Waals surface area contributed by atoms with E-state index in [0.717, 1.165) is 44.2 Å². The van der Waals surface area contributed by atoms with Crippen molar-refractivity contribution in [3.8, 4) is 5.75 Å². The first-order chi connectivity index (χ1) is 15.2. The summed E-state index contributed by atoms with van der Waals surface area (Å²) in [6.45, 7) is 4.26. The van der Waals surface area contributed by atoms with E-state index in [-0.39, 0.29) is 17.9 Å². The first-order valence-electron chi connectivity index (χ1n) is 11.8. The normalized spacial score (nSPS) is 19.1. The van der Waals surface area contributed by atoms with Crippen LogP contribution in [0.2, 0.25) is 0 Å². The van der Waals surface area contributed by atoms with Crippen LogP contribution < -0.4 is 20.7 Å². The largest absolute Gasteiger partial charge is 0.497 e. The molecule has 0 spiro atoms. The third kappa shape index (κ3) is 7.13. The Morgan fingerprint density at radius 1 is 1.10 bits per heavy atom. The van der Waals surface area contributed by atoms with Crippen LogP contribution in [-0.4, -0.2) is 63.6 Å². The second-order valence-electron chi connectivity index (χ2n) is 8.54. The molecule has 3 N–H and O–H groups in total. The van der Waals surface area contributed by atoms with Gasteiger partial charge in [0.25, 0.3) is 0 Å². The van der Waals surface area contributed by atoms with E-state index in [2.05, 4.69) is 44.0 Å². The molecule has 2 fully saturated rings. The Bertz CT molecular complexity index is 712. The Balaban J connectivity index is 1.47. The Hall–Kier alpha value is -2.28. The summed E-state index contributed by atoms with van der Waals surface area (Å²) in [5.41, 5.74) is 1.25. The first kappa shape index (κ1) is 23.4. The fraction of sp³-hybridized carbons (Fsp3) is 0.667. The number of hydrogen-bond acceptors (Lipinski definition) is 4. The smallest absolute Gasteiger partial charge is 0.223 e. The second kappa shape index (κ2) is 12.5. The zero-order valence-electron chi connectivity index (χ0n) is 19.2. The minimum absolute atomic E-state index is 0.204. The second-order valence-corrected chi connectivity index (χ2v) is 8.54. The molecule has 31 heavy (non-hydrogen) atoms. The van der Waals surface area contributed by atoms with E-state index in [1.165, 1.54) is 37.7 Å². The molecule has 1 saturated heterocycles. The predicted octanol–water partition coefficient (Wildman–Crippen LogP) is 2.69. The van der Waals surface area contributed by atoms with Gasteiger partial charge >= 0.3 is 0 Å². The van der Waals surface area contributed by atoms with Crippen LogP contribution in [-0.2, 0) is 4.79 Å². The predicted molar refractivity (Wildman–Crippen MR) is 125 cm³/mol. The molecular formula is C24H39N5O2. The zero-order chi connectivity index (χ0) is 21.9. The van der Waals surface area contributed by atoms with Crippen molar-refractivity contribution in [1.82, 2.24) is 20.9 Å². The molecule has 1 amide bonds. The van der Waals surface area contributed by atoms with Gasteiger partial charge in [-0.25, -0.2) is 0 Å². The third-order valence-corrected chi connectivity index (χ3v) is 6.44. The molecule has 1 aromatic rings. The number of methoxy groups -OCH3 is 1. The van der Waals surface area contributed by atoms with Crippen molar-refractivity contribution in [2.75, 3.05) is 46.9 Å². The van der Waals surface area contributed by atoms with Gasteiger partial charge in [0, 0.05) is 32.6 Å². The van der Waals surface area contributed by atoms with Crippen LogP contribution >= 0.6 is 0 Å². The van der Waals surface area contributed by atoms with Crippen molar-refractivity contribution < 1.29 is 9.53 Å². The summed E-state index contributed by atoms with van der Waals surface area (Å²) in [4.78, 5) is 19.2. The Morgan fingerprint density at radius 3 is 2.55 bits per heavy atom. The topological polar surface area (TPSA) is 78.0 Å². The number of nitrogens with zero attached hydrogens (tertiary/aromatic N) is 2. The number of benzene rings is 1. The van der Waals surface area contributed by atoms with Gasteiger partial charge in [0.2, 0.25) is 5.91 Å². The molecule has 0 aromatic heterocycles. The highest BCUT2D eigenvalue weighted by Crippen LogP contribution is 2.27. The van der Waals surface area contributed by atoms with E-state index >= 15 is 0 Å². The number of carbonyl (C=O) groups is 1. The van der Waals surface area contributed by atoms with Crippen LogP contribution in [0.5, 0.6) is 5.75 Å². The summed E-state index contributed by atoms with van der Waals surface area (Å²) in [5.74, 6) is 2.06. The molecule has 2 aliphatic rings. The third-order valence-electron chi connectivity index (χ3n) is 6.44. The molecule has 1 atom stereocenters. The summed E-state index contributed by atoms with van der Waals surface area (Å²) < 4.78 is 5.43. The van der Waals surface area contributed by atoms with E-state index in [1.807, 2.05) is 6.07 Å². The lowest BCUT2D eigenvalue weighted by Crippen LogP contribution is -2.45. The van der Waals surface area contributed by atoms with Gasteiger partial charge in [-0.2, -0.15) is 0 Å². The Morgan fingerprint density at radius 2 is 1.84 bits per heavy atom. The lowest BCUT2D eigenvalue weighted by molar-refractivity contribution is -0.125. The molecule has 7 nitrogen and oxygen atoms in total. The van der Waals surface area contributed by atoms with Crippen LogP contribution in [0, 0.1) is 5.92 Å². The van der Waals surface area contributed by atoms with Gasteiger partial charge in [-0.1, -0.05) is 31.4 Å². The molecule has 0 radical (unpaired) electrons. The average molecular weight is 430 g/mol. The van der Waals surface area contributed by atoms with Crippen molar-refractivity contribution in [2.24, 2.45) is 10.9 Å². The number of amides is 1. The molecular weight excluding hydrogens is 390 g/mol. The van der Waals surface area contributed by atoms with E-state index in [0.29, 0.717) is 13.1 Å². The molecule has 172 valence electrons. The van der Waals surface area contributed by atoms with Gasteiger partial charge in [0.1, 0.15) is 5.75 Å². The molecule has 1 heterocycles. The molecule has 1 aliphatic heterocycles. The van der Waals surface area contributed by atoms with E-state index in [1.54, 1.807) is 14.2 Å². The quantitative estimate of drug-likeness (QED) is 0.320. The van der Waals surface area contributed by atoms with Crippen molar-refractivity contribution in [1.29, 1.82) is 0 Å². The van der Waals surface area contributed by atoms with Crippen LogP contribution in [0.3, 0.4) is 0 Å². The molecule has 1 unspecified atom stereocenters. The number of rotatable bonds is 9. The number of carbonyl (C=O) groups excluding carboxylic acids is 1. The number of hydrogen-bond donors (Lipinski definition) is 3. The minimum Gasteiger partial charge on any atom is -0.497 e. The molecule has 1 aromatic carbocycles. The highest BCUT2D eigenvalue weighted by Gasteiger charge is 2.24. The van der Waals surface area contributed by atoms with Gasteiger partial charge in [-0.3, -0.25) is 14.7 Å².